The maximum absolute atomic E-state index is 12.0. The summed E-state index contributed by atoms with van der Waals surface area (Å²) in [5.41, 5.74) is 2.80. The van der Waals surface area contributed by atoms with E-state index in [0.29, 0.717) is 6.42 Å². The lowest BCUT2D eigenvalue weighted by atomic mass is 10.0. The number of rotatable bonds is 13. The molecule has 1 aromatic rings. The summed E-state index contributed by atoms with van der Waals surface area (Å²) >= 11 is 0. The minimum absolute atomic E-state index is 0. The number of carbonyl (C=O) groups excluding carboxylic acids is 1. The largest absolute Gasteiger partial charge is 0.469 e. The van der Waals surface area contributed by atoms with Crippen LogP contribution in [0.15, 0.2) is 24.3 Å². The van der Waals surface area contributed by atoms with Crippen LogP contribution in [-0.2, 0) is 26.7 Å². The van der Waals surface area contributed by atoms with E-state index in [1.807, 2.05) is 0 Å². The second-order valence-corrected chi connectivity index (χ2v) is 8.90. The minimum atomic E-state index is -4.45. The molecule has 1 aliphatic rings. The van der Waals surface area contributed by atoms with Crippen molar-refractivity contribution in [3.63, 3.8) is 0 Å². The van der Waals surface area contributed by atoms with Crippen LogP contribution in [0.5, 0.6) is 0 Å². The van der Waals surface area contributed by atoms with E-state index >= 15 is 0 Å². The predicted molar refractivity (Wildman–Crippen MR) is 115 cm³/mol. The molecule has 1 heterocycles. The normalized spacial score (nSPS) is 14.4. The van der Waals surface area contributed by atoms with Crippen LogP contribution in [0.3, 0.4) is 0 Å². The van der Waals surface area contributed by atoms with Crippen molar-refractivity contribution < 1.29 is 23.7 Å². The van der Waals surface area contributed by atoms with E-state index in [1.54, 1.807) is 4.90 Å². The Morgan fingerprint density at radius 3 is 2.21 bits per heavy atom. The molecule has 0 radical (unpaired) electrons. The van der Waals surface area contributed by atoms with Gasteiger partial charge in [-0.05, 0) is 43.2 Å². The Morgan fingerprint density at radius 1 is 1.07 bits per heavy atom. The van der Waals surface area contributed by atoms with E-state index in [-0.39, 0.29) is 25.1 Å². The van der Waals surface area contributed by atoms with Crippen LogP contribution in [0.2, 0.25) is 0 Å². The molecule has 1 amide bonds. The lowest BCUT2D eigenvalue weighted by molar-refractivity contribution is -0.140. The zero-order valence-corrected chi connectivity index (χ0v) is 18.5. The molecule has 1 aliphatic heterocycles. The summed E-state index contributed by atoms with van der Waals surface area (Å²) in [7, 11) is -4.45. The van der Waals surface area contributed by atoms with Crippen molar-refractivity contribution in [2.45, 2.75) is 77.2 Å². The van der Waals surface area contributed by atoms with Crippen molar-refractivity contribution in [3.8, 4) is 0 Å². The van der Waals surface area contributed by atoms with Crippen LogP contribution in [0.25, 0.3) is 0 Å². The first-order valence-electron chi connectivity index (χ1n) is 10.5. The van der Waals surface area contributed by atoms with Crippen LogP contribution in [0.1, 0.15) is 69.4 Å². The molecular formula is C21H37N2O5P. The molecule has 7 nitrogen and oxygen atoms in total. The minimum Gasteiger partial charge on any atom is -0.344 e. The molecular weight excluding hydrogens is 391 g/mol. The van der Waals surface area contributed by atoms with Crippen LogP contribution in [-0.4, -0.2) is 39.8 Å². The van der Waals surface area contributed by atoms with E-state index < -0.39 is 13.9 Å². The Bertz CT molecular complexity index is 658. The zero-order valence-electron chi connectivity index (χ0n) is 17.6. The summed E-state index contributed by atoms with van der Waals surface area (Å²) in [6.07, 6.45) is 10.2. The highest BCUT2D eigenvalue weighted by atomic mass is 31.2. The molecule has 166 valence electrons. The third-order valence-electron chi connectivity index (χ3n) is 5.15. The maximum Gasteiger partial charge on any atom is 0.469 e. The molecule has 0 bridgehead atoms. The van der Waals surface area contributed by atoms with Gasteiger partial charge in [0.1, 0.15) is 6.10 Å². The number of amides is 1. The number of benzene rings is 1. The van der Waals surface area contributed by atoms with Gasteiger partial charge < -0.3 is 20.8 Å². The number of hydrogen-bond acceptors (Lipinski definition) is 4. The molecule has 0 unspecified atom stereocenters. The third-order valence-corrected chi connectivity index (χ3v) is 5.73. The number of phosphoric acid groups is 1. The lowest BCUT2D eigenvalue weighted by Gasteiger charge is -2.38. The predicted octanol–water partition coefficient (Wildman–Crippen LogP) is 4.39. The number of carbonyl (C=O) groups is 1. The molecule has 0 aliphatic carbocycles. The molecule has 2 rings (SSSR count). The van der Waals surface area contributed by atoms with Gasteiger partial charge in [0, 0.05) is 19.5 Å². The highest BCUT2D eigenvalue weighted by Gasteiger charge is 2.35. The average molecular weight is 429 g/mol. The van der Waals surface area contributed by atoms with Crippen molar-refractivity contribution in [1.29, 1.82) is 0 Å². The van der Waals surface area contributed by atoms with E-state index in [9.17, 15) is 9.36 Å². The summed E-state index contributed by atoms with van der Waals surface area (Å²) in [5.74, 6) is 0.0413. The second kappa shape index (κ2) is 13.1. The second-order valence-electron chi connectivity index (χ2n) is 7.71. The van der Waals surface area contributed by atoms with Gasteiger partial charge >= 0.3 is 7.82 Å². The Morgan fingerprint density at radius 2 is 1.66 bits per heavy atom. The quantitative estimate of drug-likeness (QED) is 0.316. The summed E-state index contributed by atoms with van der Waals surface area (Å²) in [6.45, 7) is 2.78. The van der Waals surface area contributed by atoms with E-state index in [4.69, 9.17) is 9.79 Å². The van der Waals surface area contributed by atoms with Gasteiger partial charge in [-0.2, -0.15) is 0 Å². The molecule has 0 saturated carbocycles. The van der Waals surface area contributed by atoms with Crippen LogP contribution < -0.4 is 6.15 Å². The van der Waals surface area contributed by atoms with Crippen LogP contribution in [0.4, 0.5) is 0 Å². The summed E-state index contributed by atoms with van der Waals surface area (Å²) < 4.78 is 15.3. The molecule has 0 aromatic heterocycles. The van der Waals surface area contributed by atoms with Gasteiger partial charge in [0.15, 0.2) is 0 Å². The third kappa shape index (κ3) is 10.4. The average Bonchev–Trinajstić information content (AvgIpc) is 2.60. The zero-order chi connectivity index (χ0) is 20.4. The van der Waals surface area contributed by atoms with E-state index in [2.05, 4.69) is 35.7 Å². The van der Waals surface area contributed by atoms with Gasteiger partial charge in [0.05, 0.1) is 0 Å². The highest BCUT2D eigenvalue weighted by molar-refractivity contribution is 7.46. The first-order valence-corrected chi connectivity index (χ1v) is 12.0. The van der Waals surface area contributed by atoms with Gasteiger partial charge in [-0.3, -0.25) is 9.32 Å². The van der Waals surface area contributed by atoms with Crippen molar-refractivity contribution in [3.05, 3.63) is 35.4 Å². The summed E-state index contributed by atoms with van der Waals surface area (Å²) in [4.78, 5) is 31.1. The highest BCUT2D eigenvalue weighted by Crippen LogP contribution is 2.39. The monoisotopic (exact) mass is 428 g/mol. The van der Waals surface area contributed by atoms with Gasteiger partial charge in [-0.15, -0.1) is 0 Å². The van der Waals surface area contributed by atoms with Crippen molar-refractivity contribution in [2.24, 2.45) is 0 Å². The Hall–Kier alpha value is -1.24. The molecule has 0 spiro atoms. The van der Waals surface area contributed by atoms with Gasteiger partial charge in [0.25, 0.3) is 0 Å². The molecule has 1 saturated heterocycles. The number of unbranched alkanes of at least 4 members (excludes halogenated alkanes) is 5. The molecule has 29 heavy (non-hydrogen) atoms. The standard InChI is InChI=1S/C21H34NO5P.H3N/c1-2-3-4-6-10-18-12-9-13-19(15-18)11-7-5-8-14-21(23)22-16-20(17-22)27-28(24,25)26;/h9,12-13,15,20H,2-8,10-11,14,16-17H2,1H3,(H2,24,25,26);1H3. The van der Waals surface area contributed by atoms with E-state index in [1.165, 1.54) is 36.8 Å². The fraction of sp³-hybridized carbons (Fsp3) is 0.667. The maximum atomic E-state index is 12.0. The number of aryl methyl sites for hydroxylation is 2. The summed E-state index contributed by atoms with van der Waals surface area (Å²) in [5, 5.41) is 0. The molecule has 1 aromatic carbocycles. The first kappa shape index (κ1) is 25.8. The van der Waals surface area contributed by atoms with Gasteiger partial charge in [-0.1, -0.05) is 56.9 Å². The van der Waals surface area contributed by atoms with Crippen molar-refractivity contribution in [1.82, 2.24) is 11.1 Å². The van der Waals surface area contributed by atoms with Crippen LogP contribution in [0, 0.1) is 0 Å². The lowest BCUT2D eigenvalue weighted by Crippen LogP contribution is -2.54. The van der Waals surface area contributed by atoms with Crippen molar-refractivity contribution >= 4 is 13.7 Å². The topological polar surface area (TPSA) is 122 Å². The van der Waals surface area contributed by atoms with Gasteiger partial charge in [0.2, 0.25) is 5.91 Å². The van der Waals surface area contributed by atoms with Crippen molar-refractivity contribution in [2.75, 3.05) is 13.1 Å². The Kier molecular flexibility index (Phi) is 11.7. The number of phosphoric ester groups is 1. The fourth-order valence-corrected chi connectivity index (χ4v) is 4.06. The number of nitrogens with zero attached hydrogens (tertiary/aromatic N) is 1. The molecule has 8 heteroatoms. The van der Waals surface area contributed by atoms with Gasteiger partial charge in [-0.25, -0.2) is 4.57 Å². The Balaban J connectivity index is 0.00000420. The summed E-state index contributed by atoms with van der Waals surface area (Å²) in [6, 6.07) is 8.86. The molecule has 5 N–H and O–H groups in total. The fourth-order valence-electron chi connectivity index (χ4n) is 3.54. The number of hydrogen-bond donors (Lipinski definition) is 3. The number of likely N-dealkylation sites (tertiary alicyclic amines) is 1. The van der Waals surface area contributed by atoms with E-state index in [0.717, 1.165) is 32.1 Å². The molecule has 0 atom stereocenters. The first-order chi connectivity index (χ1) is 13.4. The SMILES string of the molecule is CCCCCCc1cccc(CCCCCC(=O)N2CC(OP(=O)(O)O)C2)c1.N. The Labute approximate surface area is 174 Å². The smallest absolute Gasteiger partial charge is 0.344 e. The van der Waals surface area contributed by atoms with Crippen LogP contribution >= 0.6 is 7.82 Å². The molecule has 1 fully saturated rings.